The summed E-state index contributed by atoms with van der Waals surface area (Å²) in [6.07, 6.45) is 5.14. The number of alkyl halides is 1. The minimum absolute atomic E-state index is 0.427. The molecule has 1 heterocycles. The Morgan fingerprint density at radius 1 is 1.50 bits per heavy atom. The van der Waals surface area contributed by atoms with E-state index in [4.69, 9.17) is 11.6 Å². The van der Waals surface area contributed by atoms with Crippen LogP contribution in [0.5, 0.6) is 0 Å². The van der Waals surface area contributed by atoms with Crippen molar-refractivity contribution >= 4 is 23.4 Å². The van der Waals surface area contributed by atoms with Crippen LogP contribution in [-0.2, 0) is 12.8 Å². The summed E-state index contributed by atoms with van der Waals surface area (Å²) in [6.45, 7) is 2.13. The van der Waals surface area contributed by atoms with Crippen LogP contribution in [0.2, 0.25) is 0 Å². The molecule has 0 bridgehead atoms. The molecule has 2 nitrogen and oxygen atoms in total. The van der Waals surface area contributed by atoms with E-state index >= 15 is 0 Å². The lowest BCUT2D eigenvalue weighted by atomic mass is 10.3. The van der Waals surface area contributed by atoms with Crippen LogP contribution in [-0.4, -0.2) is 21.1 Å². The molecule has 1 aliphatic carbocycles. The van der Waals surface area contributed by atoms with Crippen LogP contribution < -0.4 is 0 Å². The highest BCUT2D eigenvalue weighted by molar-refractivity contribution is 8.00. The molecule has 0 aliphatic heterocycles. The Hall–Kier alpha value is -0.280. The third-order valence-corrected chi connectivity index (χ3v) is 4.16. The van der Waals surface area contributed by atoms with Gasteiger partial charge in [-0.1, -0.05) is 6.92 Å². The number of hydrogen-bond acceptors (Lipinski definition) is 3. The van der Waals surface area contributed by atoms with Gasteiger partial charge in [-0.15, -0.1) is 23.4 Å². The highest BCUT2D eigenvalue weighted by atomic mass is 35.5. The van der Waals surface area contributed by atoms with E-state index in [-0.39, 0.29) is 0 Å². The molecule has 2 rings (SSSR count). The molecule has 76 valence electrons. The van der Waals surface area contributed by atoms with Crippen molar-refractivity contribution < 1.29 is 0 Å². The fourth-order valence-corrected chi connectivity index (χ4v) is 2.76. The van der Waals surface area contributed by atoms with Crippen molar-refractivity contribution in [3.8, 4) is 0 Å². The quantitative estimate of drug-likeness (QED) is 0.452. The predicted molar refractivity (Wildman–Crippen MR) is 60.1 cm³/mol. The van der Waals surface area contributed by atoms with Crippen molar-refractivity contribution in [2.75, 3.05) is 5.88 Å². The molecule has 14 heavy (non-hydrogen) atoms. The van der Waals surface area contributed by atoms with Gasteiger partial charge in [-0.05, 0) is 19.3 Å². The predicted octanol–water partition coefficient (Wildman–Crippen LogP) is 2.68. The maximum atomic E-state index is 5.79. The number of fused-ring (bicyclic) bond motifs is 1. The zero-order valence-electron chi connectivity index (χ0n) is 8.16. The van der Waals surface area contributed by atoms with Gasteiger partial charge in [0.15, 0.2) is 0 Å². The van der Waals surface area contributed by atoms with Crippen molar-refractivity contribution in [2.45, 2.75) is 36.5 Å². The SMILES string of the molecule is CC(CCl)Sc1ncnc2c1CCC2. The topological polar surface area (TPSA) is 25.8 Å². The van der Waals surface area contributed by atoms with Crippen molar-refractivity contribution in [1.82, 2.24) is 9.97 Å². The van der Waals surface area contributed by atoms with Crippen molar-refractivity contribution in [2.24, 2.45) is 0 Å². The second kappa shape index (κ2) is 4.49. The normalized spacial score (nSPS) is 16.7. The molecule has 4 heteroatoms. The molecule has 0 amide bonds. The van der Waals surface area contributed by atoms with Crippen LogP contribution in [0.4, 0.5) is 0 Å². The zero-order valence-corrected chi connectivity index (χ0v) is 9.74. The zero-order chi connectivity index (χ0) is 9.97. The standard InChI is InChI=1S/C10H13ClN2S/c1-7(5-11)14-10-8-3-2-4-9(8)12-6-13-10/h6-7H,2-5H2,1H3. The molecule has 1 aliphatic rings. The highest BCUT2D eigenvalue weighted by Gasteiger charge is 2.18. The van der Waals surface area contributed by atoms with Crippen molar-refractivity contribution in [3.63, 3.8) is 0 Å². The second-order valence-corrected chi connectivity index (χ2v) is 5.28. The fraction of sp³-hybridized carbons (Fsp3) is 0.600. The smallest absolute Gasteiger partial charge is 0.116 e. The Balaban J connectivity index is 2.22. The Labute approximate surface area is 93.5 Å². The van der Waals surface area contributed by atoms with Crippen LogP contribution in [0.25, 0.3) is 0 Å². The van der Waals surface area contributed by atoms with E-state index in [1.54, 1.807) is 18.1 Å². The first-order valence-corrected chi connectivity index (χ1v) is 6.28. The number of hydrogen-bond donors (Lipinski definition) is 0. The van der Waals surface area contributed by atoms with Crippen LogP contribution in [0.3, 0.4) is 0 Å². The Bertz CT molecular complexity index is 330. The van der Waals surface area contributed by atoms with E-state index < -0.39 is 0 Å². The maximum absolute atomic E-state index is 5.79. The summed E-state index contributed by atoms with van der Waals surface area (Å²) in [5.41, 5.74) is 2.60. The van der Waals surface area contributed by atoms with Gasteiger partial charge in [0, 0.05) is 22.4 Å². The van der Waals surface area contributed by atoms with Gasteiger partial charge < -0.3 is 0 Å². The van der Waals surface area contributed by atoms with Gasteiger partial charge in [0.2, 0.25) is 0 Å². The van der Waals surface area contributed by atoms with E-state index in [1.165, 1.54) is 17.7 Å². The number of rotatable bonds is 3. The number of nitrogens with zero attached hydrogens (tertiary/aromatic N) is 2. The average Bonchev–Trinajstić information content (AvgIpc) is 2.66. The van der Waals surface area contributed by atoms with Crippen molar-refractivity contribution in [1.29, 1.82) is 0 Å². The number of aromatic nitrogens is 2. The van der Waals surface area contributed by atoms with Gasteiger partial charge in [0.25, 0.3) is 0 Å². The Kier molecular flexibility index (Phi) is 3.29. The molecular weight excluding hydrogens is 216 g/mol. The van der Waals surface area contributed by atoms with E-state index in [0.29, 0.717) is 11.1 Å². The molecule has 1 aromatic heterocycles. The third kappa shape index (κ3) is 2.04. The Morgan fingerprint density at radius 3 is 3.14 bits per heavy atom. The van der Waals surface area contributed by atoms with E-state index in [9.17, 15) is 0 Å². The van der Waals surface area contributed by atoms with Gasteiger partial charge in [-0.2, -0.15) is 0 Å². The largest absolute Gasteiger partial charge is 0.241 e. The van der Waals surface area contributed by atoms with Crippen LogP contribution >= 0.6 is 23.4 Å². The lowest BCUT2D eigenvalue weighted by Gasteiger charge is -2.09. The first-order valence-electron chi connectivity index (χ1n) is 4.86. The summed E-state index contributed by atoms with van der Waals surface area (Å²) >= 11 is 7.55. The minimum atomic E-state index is 0.427. The third-order valence-electron chi connectivity index (χ3n) is 2.37. The molecule has 0 saturated carbocycles. The first kappa shape index (κ1) is 10.2. The fourth-order valence-electron chi connectivity index (χ4n) is 1.65. The van der Waals surface area contributed by atoms with Crippen LogP contribution in [0.1, 0.15) is 24.6 Å². The number of aryl methyl sites for hydroxylation is 1. The molecule has 0 aromatic carbocycles. The minimum Gasteiger partial charge on any atom is -0.241 e. The van der Waals surface area contributed by atoms with E-state index in [0.717, 1.165) is 17.9 Å². The van der Waals surface area contributed by atoms with Gasteiger partial charge in [-0.25, -0.2) is 9.97 Å². The number of thioether (sulfide) groups is 1. The average molecular weight is 229 g/mol. The maximum Gasteiger partial charge on any atom is 0.116 e. The van der Waals surface area contributed by atoms with Gasteiger partial charge in [-0.3, -0.25) is 0 Å². The number of halogens is 1. The Morgan fingerprint density at radius 2 is 2.36 bits per heavy atom. The van der Waals surface area contributed by atoms with Crippen LogP contribution in [0.15, 0.2) is 11.4 Å². The molecule has 0 spiro atoms. The molecule has 1 unspecified atom stereocenters. The molecule has 1 atom stereocenters. The van der Waals surface area contributed by atoms with Gasteiger partial charge in [0.05, 0.1) is 0 Å². The molecule has 1 aromatic rings. The summed E-state index contributed by atoms with van der Waals surface area (Å²) in [5.74, 6) is 0.670. The van der Waals surface area contributed by atoms with E-state index in [2.05, 4.69) is 16.9 Å². The second-order valence-electron chi connectivity index (χ2n) is 3.54. The van der Waals surface area contributed by atoms with Crippen molar-refractivity contribution in [3.05, 3.63) is 17.6 Å². The summed E-state index contributed by atoms with van der Waals surface area (Å²) in [7, 11) is 0. The summed E-state index contributed by atoms with van der Waals surface area (Å²) in [4.78, 5) is 8.63. The molecular formula is C10H13ClN2S. The van der Waals surface area contributed by atoms with Crippen LogP contribution in [0, 0.1) is 0 Å². The monoisotopic (exact) mass is 228 g/mol. The molecule has 0 saturated heterocycles. The van der Waals surface area contributed by atoms with Gasteiger partial charge in [0.1, 0.15) is 11.4 Å². The highest BCUT2D eigenvalue weighted by Crippen LogP contribution is 2.31. The van der Waals surface area contributed by atoms with Gasteiger partial charge >= 0.3 is 0 Å². The lowest BCUT2D eigenvalue weighted by Crippen LogP contribution is -2.01. The summed E-state index contributed by atoms with van der Waals surface area (Å²) in [5, 5.41) is 1.57. The molecule has 0 N–H and O–H groups in total. The molecule has 0 radical (unpaired) electrons. The summed E-state index contributed by atoms with van der Waals surface area (Å²) in [6, 6.07) is 0. The summed E-state index contributed by atoms with van der Waals surface area (Å²) < 4.78 is 0. The first-order chi connectivity index (χ1) is 6.81. The lowest BCUT2D eigenvalue weighted by molar-refractivity contribution is 0.895. The van der Waals surface area contributed by atoms with E-state index in [1.807, 2.05) is 0 Å². The molecule has 0 fully saturated rings.